The molecule has 70 valence electrons. The van der Waals surface area contributed by atoms with Gasteiger partial charge in [-0.3, -0.25) is 14.4 Å². The van der Waals surface area contributed by atoms with Gasteiger partial charge < -0.3 is 0 Å². The molecule has 0 aromatic heterocycles. The van der Waals surface area contributed by atoms with E-state index < -0.39 is 16.4 Å². The number of alkyl halides is 1. The third-order valence-corrected chi connectivity index (χ3v) is 2.95. The van der Waals surface area contributed by atoms with Crippen molar-refractivity contribution in [1.29, 1.82) is 0 Å². The topological polar surface area (TPSA) is 51.2 Å². The molecule has 0 N–H and O–H groups in total. The van der Waals surface area contributed by atoms with Crippen LogP contribution in [0.5, 0.6) is 0 Å². The van der Waals surface area contributed by atoms with Crippen molar-refractivity contribution < 1.29 is 14.4 Å². The molecular weight excluding hydrogens is 248 g/mol. The van der Waals surface area contributed by atoms with E-state index in [-0.39, 0.29) is 11.3 Å². The Morgan fingerprint density at radius 1 is 0.929 bits per heavy atom. The summed E-state index contributed by atoms with van der Waals surface area (Å²) < 4.78 is 0. The largest absolute Gasteiger partial charge is 0.292 e. The first kappa shape index (κ1) is 9.27. The van der Waals surface area contributed by atoms with Crippen LogP contribution < -0.4 is 0 Å². The molecule has 0 aliphatic heterocycles. The van der Waals surface area contributed by atoms with Crippen molar-refractivity contribution in [3.8, 4) is 0 Å². The van der Waals surface area contributed by atoms with Crippen LogP contribution >= 0.6 is 15.9 Å². The van der Waals surface area contributed by atoms with Crippen LogP contribution in [0.15, 0.2) is 24.3 Å². The van der Waals surface area contributed by atoms with Gasteiger partial charge in [-0.05, 0) is 0 Å². The Bertz CT molecular complexity index is 450. The Kier molecular flexibility index (Phi) is 2.07. The quantitative estimate of drug-likeness (QED) is 0.399. The Labute approximate surface area is 88.2 Å². The molecule has 0 radical (unpaired) electrons. The zero-order chi connectivity index (χ0) is 10.3. The van der Waals surface area contributed by atoms with E-state index in [1.807, 2.05) is 0 Å². The van der Waals surface area contributed by atoms with Gasteiger partial charge in [0.2, 0.25) is 11.6 Å². The van der Waals surface area contributed by atoms with Crippen molar-refractivity contribution in [2.24, 2.45) is 0 Å². The second-order valence-electron chi connectivity index (χ2n) is 2.97. The molecule has 0 saturated carbocycles. The summed E-state index contributed by atoms with van der Waals surface area (Å²) >= 11 is 2.91. The Morgan fingerprint density at radius 3 is 2.14 bits per heavy atom. The number of benzene rings is 1. The summed E-state index contributed by atoms with van der Waals surface area (Å²) in [6, 6.07) is 6.34. The number of rotatable bonds is 0. The molecule has 1 aliphatic carbocycles. The lowest BCUT2D eigenvalue weighted by Crippen LogP contribution is -2.37. The molecule has 0 heterocycles. The van der Waals surface area contributed by atoms with E-state index in [1.54, 1.807) is 18.2 Å². The van der Waals surface area contributed by atoms with Crippen molar-refractivity contribution in [1.82, 2.24) is 0 Å². The fourth-order valence-corrected chi connectivity index (χ4v) is 1.85. The molecule has 0 saturated heterocycles. The lowest BCUT2D eigenvalue weighted by Gasteiger charge is -2.15. The molecule has 1 atom stereocenters. The van der Waals surface area contributed by atoms with Gasteiger partial charge in [-0.25, -0.2) is 0 Å². The van der Waals surface area contributed by atoms with Crippen molar-refractivity contribution in [2.75, 3.05) is 0 Å². The smallest absolute Gasteiger partial charge is 0.231 e. The first-order valence-electron chi connectivity index (χ1n) is 3.99. The first-order valence-corrected chi connectivity index (χ1v) is 4.90. The number of halogens is 1. The van der Waals surface area contributed by atoms with Crippen molar-refractivity contribution in [3.63, 3.8) is 0 Å². The van der Waals surface area contributed by atoms with Gasteiger partial charge in [0.05, 0.1) is 0 Å². The number of carbonyl (C=O) groups is 3. The highest BCUT2D eigenvalue weighted by molar-refractivity contribution is 9.10. The molecule has 0 amide bonds. The number of fused-ring (bicyclic) bond motifs is 1. The molecule has 0 fully saturated rings. The summed E-state index contributed by atoms with van der Waals surface area (Å²) in [6.45, 7) is 0. The summed E-state index contributed by atoms with van der Waals surface area (Å²) in [4.78, 5) is 33.3. The summed E-state index contributed by atoms with van der Waals surface area (Å²) in [5.41, 5.74) is 0.525. The average Bonchev–Trinajstić information content (AvgIpc) is 2.23. The molecule has 14 heavy (non-hydrogen) atoms. The van der Waals surface area contributed by atoms with E-state index in [0.29, 0.717) is 5.56 Å². The van der Waals surface area contributed by atoms with Gasteiger partial charge in [0.25, 0.3) is 0 Å². The fourth-order valence-electron chi connectivity index (χ4n) is 1.40. The minimum atomic E-state index is -1.01. The predicted octanol–water partition coefficient (Wildman–Crippen LogP) is 1.40. The minimum Gasteiger partial charge on any atom is -0.292 e. The number of hydrogen-bond donors (Lipinski definition) is 0. The van der Waals surface area contributed by atoms with Gasteiger partial charge in [0.15, 0.2) is 5.78 Å². The van der Waals surface area contributed by atoms with Gasteiger partial charge in [-0.15, -0.1) is 0 Å². The Balaban J connectivity index is 2.68. The van der Waals surface area contributed by atoms with Gasteiger partial charge in [0.1, 0.15) is 4.83 Å². The Morgan fingerprint density at radius 2 is 1.50 bits per heavy atom. The molecule has 1 unspecified atom stereocenters. The molecule has 3 nitrogen and oxygen atoms in total. The van der Waals surface area contributed by atoms with Crippen molar-refractivity contribution in [3.05, 3.63) is 35.4 Å². The minimum absolute atomic E-state index is 0.207. The summed E-state index contributed by atoms with van der Waals surface area (Å²) in [5.74, 6) is -1.62. The monoisotopic (exact) mass is 252 g/mol. The van der Waals surface area contributed by atoms with Crippen molar-refractivity contribution >= 4 is 33.3 Å². The van der Waals surface area contributed by atoms with Crippen LogP contribution in [0.1, 0.15) is 20.7 Å². The molecule has 1 aliphatic rings. The molecule has 0 bridgehead atoms. The van der Waals surface area contributed by atoms with Crippen LogP contribution in [-0.4, -0.2) is 22.2 Å². The standard InChI is InChI=1S/C10H5BrO3/c11-7-8(12)5-3-1-2-4-6(5)9(13)10(7)14/h1-4,7H. The van der Waals surface area contributed by atoms with E-state index in [1.165, 1.54) is 6.07 Å². The van der Waals surface area contributed by atoms with Gasteiger partial charge in [-0.2, -0.15) is 0 Å². The fraction of sp³-hybridized carbons (Fsp3) is 0.100. The van der Waals surface area contributed by atoms with Crippen LogP contribution in [0.3, 0.4) is 0 Å². The van der Waals surface area contributed by atoms with Crippen LogP contribution in [0.25, 0.3) is 0 Å². The molecular formula is C10H5BrO3. The van der Waals surface area contributed by atoms with E-state index in [9.17, 15) is 14.4 Å². The van der Waals surface area contributed by atoms with Crippen LogP contribution in [0, 0.1) is 0 Å². The lowest BCUT2D eigenvalue weighted by atomic mass is 9.89. The summed E-state index contributed by atoms with van der Waals surface area (Å²) in [7, 11) is 0. The normalized spacial score (nSPS) is 20.9. The van der Waals surface area contributed by atoms with E-state index in [0.717, 1.165) is 0 Å². The molecule has 1 aromatic carbocycles. The molecule has 0 spiro atoms. The SMILES string of the molecule is O=C1C(=O)C(Br)C(=O)c2ccccc21. The van der Waals surface area contributed by atoms with Gasteiger partial charge >= 0.3 is 0 Å². The van der Waals surface area contributed by atoms with Crippen LogP contribution in [0.4, 0.5) is 0 Å². The average molecular weight is 253 g/mol. The highest BCUT2D eigenvalue weighted by Gasteiger charge is 2.38. The number of Topliss-reactive ketones (excluding diaryl/α,β-unsaturated/α-hetero) is 3. The van der Waals surface area contributed by atoms with E-state index >= 15 is 0 Å². The van der Waals surface area contributed by atoms with Gasteiger partial charge in [0, 0.05) is 11.1 Å². The highest BCUT2D eigenvalue weighted by Crippen LogP contribution is 2.23. The van der Waals surface area contributed by atoms with E-state index in [4.69, 9.17) is 0 Å². The molecule has 4 heteroatoms. The van der Waals surface area contributed by atoms with Crippen molar-refractivity contribution in [2.45, 2.75) is 4.83 Å². The third-order valence-electron chi connectivity index (χ3n) is 2.12. The highest BCUT2D eigenvalue weighted by atomic mass is 79.9. The first-order chi connectivity index (χ1) is 6.63. The zero-order valence-corrected chi connectivity index (χ0v) is 8.58. The van der Waals surface area contributed by atoms with Crippen LogP contribution in [0.2, 0.25) is 0 Å². The number of hydrogen-bond acceptors (Lipinski definition) is 3. The predicted molar refractivity (Wildman–Crippen MR) is 52.8 cm³/mol. The number of ketones is 3. The molecule has 2 rings (SSSR count). The Hall–Kier alpha value is -1.29. The summed E-state index contributed by atoms with van der Waals surface area (Å²) in [5, 5.41) is 0. The van der Waals surface area contributed by atoms with E-state index in [2.05, 4.69) is 15.9 Å². The maximum atomic E-state index is 11.6. The van der Waals surface area contributed by atoms with Crippen LogP contribution in [-0.2, 0) is 4.79 Å². The maximum Gasteiger partial charge on any atom is 0.231 e. The lowest BCUT2D eigenvalue weighted by molar-refractivity contribution is -0.114. The molecule has 1 aromatic rings. The second kappa shape index (κ2) is 3.13. The van der Waals surface area contributed by atoms with Gasteiger partial charge in [-0.1, -0.05) is 40.2 Å². The third kappa shape index (κ3) is 1.14. The maximum absolute atomic E-state index is 11.6. The number of carbonyl (C=O) groups excluding carboxylic acids is 3. The zero-order valence-electron chi connectivity index (χ0n) is 6.99. The second-order valence-corrected chi connectivity index (χ2v) is 3.88. The summed E-state index contributed by atoms with van der Waals surface area (Å²) in [6.07, 6.45) is 0.